The van der Waals surface area contributed by atoms with Crippen LogP contribution in [0.1, 0.15) is 38.3 Å². The highest BCUT2D eigenvalue weighted by Gasteiger charge is 2.12. The van der Waals surface area contributed by atoms with Gasteiger partial charge in [0.2, 0.25) is 11.8 Å². The minimum Gasteiger partial charge on any atom is -0.356 e. The third-order valence-electron chi connectivity index (χ3n) is 2.57. The van der Waals surface area contributed by atoms with E-state index >= 15 is 0 Å². The Labute approximate surface area is 108 Å². The maximum Gasteiger partial charge on any atom is 0.229 e. The molecule has 0 aromatic heterocycles. The van der Waals surface area contributed by atoms with Crippen LogP contribution < -0.4 is 10.6 Å². The second-order valence-electron chi connectivity index (χ2n) is 4.23. The SMILES string of the molecule is CCCNC(=O)CC(=O)NC(C)c1ccccc1. The van der Waals surface area contributed by atoms with E-state index in [1.165, 1.54) is 0 Å². The molecule has 18 heavy (non-hydrogen) atoms. The van der Waals surface area contributed by atoms with Gasteiger partial charge >= 0.3 is 0 Å². The lowest BCUT2D eigenvalue weighted by atomic mass is 10.1. The van der Waals surface area contributed by atoms with Crippen LogP contribution in [0.15, 0.2) is 30.3 Å². The molecule has 1 atom stereocenters. The van der Waals surface area contributed by atoms with Crippen LogP contribution in [0.2, 0.25) is 0 Å². The van der Waals surface area contributed by atoms with Crippen LogP contribution in [0.5, 0.6) is 0 Å². The van der Waals surface area contributed by atoms with E-state index in [2.05, 4.69) is 10.6 Å². The largest absolute Gasteiger partial charge is 0.356 e. The smallest absolute Gasteiger partial charge is 0.229 e. The van der Waals surface area contributed by atoms with Gasteiger partial charge in [0.15, 0.2) is 0 Å². The summed E-state index contributed by atoms with van der Waals surface area (Å²) in [5.74, 6) is -0.477. The van der Waals surface area contributed by atoms with Gasteiger partial charge in [0.1, 0.15) is 6.42 Å². The maximum absolute atomic E-state index is 11.6. The summed E-state index contributed by atoms with van der Waals surface area (Å²) in [6.45, 7) is 4.48. The molecule has 1 aromatic carbocycles. The normalized spacial score (nSPS) is 11.7. The molecular formula is C14H20N2O2. The molecule has 98 valence electrons. The van der Waals surface area contributed by atoms with Crippen molar-refractivity contribution in [3.8, 4) is 0 Å². The van der Waals surface area contributed by atoms with Crippen LogP contribution in [0.4, 0.5) is 0 Å². The van der Waals surface area contributed by atoms with Gasteiger partial charge in [-0.15, -0.1) is 0 Å². The number of hydrogen-bond acceptors (Lipinski definition) is 2. The fourth-order valence-corrected chi connectivity index (χ4v) is 1.59. The van der Waals surface area contributed by atoms with Gasteiger partial charge in [-0.25, -0.2) is 0 Å². The molecule has 0 saturated heterocycles. The Hall–Kier alpha value is -1.84. The molecule has 0 aliphatic heterocycles. The van der Waals surface area contributed by atoms with Crippen molar-refractivity contribution in [1.29, 1.82) is 0 Å². The zero-order valence-electron chi connectivity index (χ0n) is 10.9. The summed E-state index contributed by atoms with van der Waals surface area (Å²) in [6.07, 6.45) is 0.755. The lowest BCUT2D eigenvalue weighted by Gasteiger charge is -2.14. The molecular weight excluding hydrogens is 228 g/mol. The first-order valence-corrected chi connectivity index (χ1v) is 6.24. The lowest BCUT2D eigenvalue weighted by molar-refractivity contribution is -0.129. The summed E-state index contributed by atoms with van der Waals surface area (Å²) in [4.78, 5) is 23.0. The van der Waals surface area contributed by atoms with Crippen molar-refractivity contribution in [2.75, 3.05) is 6.54 Å². The van der Waals surface area contributed by atoms with E-state index in [9.17, 15) is 9.59 Å². The molecule has 0 bridgehead atoms. The van der Waals surface area contributed by atoms with Crippen molar-refractivity contribution in [3.63, 3.8) is 0 Å². The number of amides is 2. The van der Waals surface area contributed by atoms with Gasteiger partial charge in [-0.3, -0.25) is 9.59 Å². The summed E-state index contributed by atoms with van der Waals surface area (Å²) < 4.78 is 0. The standard InChI is InChI=1S/C14H20N2O2/c1-3-9-15-13(17)10-14(18)16-11(2)12-7-5-4-6-8-12/h4-8,11H,3,9-10H2,1-2H3,(H,15,17)(H,16,18). The zero-order valence-corrected chi connectivity index (χ0v) is 10.9. The molecule has 1 unspecified atom stereocenters. The predicted molar refractivity (Wildman–Crippen MR) is 70.9 cm³/mol. The third-order valence-corrected chi connectivity index (χ3v) is 2.57. The Morgan fingerprint density at radius 2 is 1.83 bits per heavy atom. The van der Waals surface area contributed by atoms with Gasteiger partial charge in [-0.1, -0.05) is 37.3 Å². The Morgan fingerprint density at radius 3 is 2.44 bits per heavy atom. The Kier molecular flexibility index (Phi) is 5.91. The van der Waals surface area contributed by atoms with Crippen LogP contribution in [0.3, 0.4) is 0 Å². The molecule has 1 rings (SSSR count). The molecule has 0 radical (unpaired) electrons. The highest BCUT2D eigenvalue weighted by atomic mass is 16.2. The molecule has 0 aliphatic rings. The summed E-state index contributed by atoms with van der Waals surface area (Å²) in [5.41, 5.74) is 1.03. The van der Waals surface area contributed by atoms with Crippen LogP contribution in [-0.4, -0.2) is 18.4 Å². The van der Waals surface area contributed by atoms with Gasteiger partial charge in [0.05, 0.1) is 6.04 Å². The molecule has 0 spiro atoms. The Balaban J connectivity index is 2.38. The van der Waals surface area contributed by atoms with Crippen LogP contribution in [0, 0.1) is 0 Å². The molecule has 4 nitrogen and oxygen atoms in total. The lowest BCUT2D eigenvalue weighted by Crippen LogP contribution is -2.33. The van der Waals surface area contributed by atoms with Crippen molar-refractivity contribution in [2.24, 2.45) is 0 Å². The van der Waals surface area contributed by atoms with Crippen molar-refractivity contribution in [2.45, 2.75) is 32.7 Å². The number of benzene rings is 1. The molecule has 2 N–H and O–H groups in total. The minimum absolute atomic E-state index is 0.0855. The van der Waals surface area contributed by atoms with E-state index in [-0.39, 0.29) is 24.3 Å². The summed E-state index contributed by atoms with van der Waals surface area (Å²) in [6, 6.07) is 9.58. The van der Waals surface area contributed by atoms with E-state index in [1.54, 1.807) is 0 Å². The van der Waals surface area contributed by atoms with Gasteiger partial charge in [0.25, 0.3) is 0 Å². The van der Waals surface area contributed by atoms with E-state index < -0.39 is 0 Å². The number of carbonyl (C=O) groups excluding carboxylic acids is 2. The van der Waals surface area contributed by atoms with E-state index in [4.69, 9.17) is 0 Å². The van der Waals surface area contributed by atoms with Crippen LogP contribution in [0.25, 0.3) is 0 Å². The van der Waals surface area contributed by atoms with Crippen molar-refractivity contribution >= 4 is 11.8 Å². The fraction of sp³-hybridized carbons (Fsp3) is 0.429. The molecule has 0 fully saturated rings. The summed E-state index contributed by atoms with van der Waals surface area (Å²) in [5, 5.41) is 5.48. The monoisotopic (exact) mass is 248 g/mol. The van der Waals surface area contributed by atoms with Crippen LogP contribution in [-0.2, 0) is 9.59 Å². The molecule has 1 aromatic rings. The fourth-order valence-electron chi connectivity index (χ4n) is 1.59. The zero-order chi connectivity index (χ0) is 13.4. The molecule has 2 amide bonds. The van der Waals surface area contributed by atoms with Crippen molar-refractivity contribution in [1.82, 2.24) is 10.6 Å². The van der Waals surface area contributed by atoms with E-state index in [0.29, 0.717) is 6.54 Å². The van der Waals surface area contributed by atoms with Crippen molar-refractivity contribution in [3.05, 3.63) is 35.9 Å². The number of carbonyl (C=O) groups is 2. The Morgan fingerprint density at radius 1 is 1.17 bits per heavy atom. The predicted octanol–water partition coefficient (Wildman–Crippen LogP) is 1.78. The van der Waals surface area contributed by atoms with Gasteiger partial charge in [-0.05, 0) is 18.9 Å². The summed E-state index contributed by atoms with van der Waals surface area (Å²) in [7, 11) is 0. The quantitative estimate of drug-likeness (QED) is 0.754. The van der Waals surface area contributed by atoms with Gasteiger partial charge in [-0.2, -0.15) is 0 Å². The minimum atomic E-state index is -0.250. The second-order valence-corrected chi connectivity index (χ2v) is 4.23. The van der Waals surface area contributed by atoms with Gasteiger partial charge < -0.3 is 10.6 Å². The maximum atomic E-state index is 11.6. The first-order valence-electron chi connectivity index (χ1n) is 6.24. The molecule has 0 saturated carbocycles. The Bertz CT molecular complexity index is 390. The topological polar surface area (TPSA) is 58.2 Å². The van der Waals surface area contributed by atoms with E-state index in [1.807, 2.05) is 44.2 Å². The number of rotatable bonds is 6. The first-order chi connectivity index (χ1) is 8.63. The summed E-state index contributed by atoms with van der Waals surface area (Å²) >= 11 is 0. The molecule has 4 heteroatoms. The average molecular weight is 248 g/mol. The number of hydrogen-bond donors (Lipinski definition) is 2. The van der Waals surface area contributed by atoms with Gasteiger partial charge in [0, 0.05) is 6.54 Å². The first kappa shape index (κ1) is 14.2. The highest BCUT2D eigenvalue weighted by molar-refractivity contribution is 5.96. The van der Waals surface area contributed by atoms with Crippen molar-refractivity contribution < 1.29 is 9.59 Å². The third kappa shape index (κ3) is 4.99. The molecule has 0 heterocycles. The second kappa shape index (κ2) is 7.48. The van der Waals surface area contributed by atoms with E-state index in [0.717, 1.165) is 12.0 Å². The average Bonchev–Trinajstić information content (AvgIpc) is 2.37. The highest BCUT2D eigenvalue weighted by Crippen LogP contribution is 2.10. The van der Waals surface area contributed by atoms with Crippen LogP contribution >= 0.6 is 0 Å². The molecule has 0 aliphatic carbocycles. The number of nitrogens with one attached hydrogen (secondary N) is 2.